The van der Waals surface area contributed by atoms with E-state index < -0.39 is 11.9 Å². The number of hydrogen-bond donors (Lipinski definition) is 1. The molecule has 0 aliphatic carbocycles. The van der Waals surface area contributed by atoms with Crippen molar-refractivity contribution in [1.82, 2.24) is 9.78 Å². The van der Waals surface area contributed by atoms with Crippen LogP contribution in [-0.2, 0) is 6.54 Å². The van der Waals surface area contributed by atoms with Crippen LogP contribution in [0.2, 0.25) is 10.0 Å². The molecule has 6 heteroatoms. The molecular formula is C13H13Cl2FN2O. The molecule has 19 heavy (non-hydrogen) atoms. The molecule has 1 unspecified atom stereocenters. The number of hydrogen-bond acceptors (Lipinski definition) is 2. The Morgan fingerprint density at radius 3 is 2.84 bits per heavy atom. The third-order valence-corrected chi connectivity index (χ3v) is 3.31. The molecule has 0 aliphatic heterocycles. The molecule has 0 fully saturated rings. The third kappa shape index (κ3) is 2.91. The largest absolute Gasteiger partial charge is 0.382 e. The first-order valence-electron chi connectivity index (χ1n) is 5.88. The number of aliphatic hydroxyl groups excluding tert-OH is 1. The Morgan fingerprint density at radius 2 is 2.16 bits per heavy atom. The van der Waals surface area contributed by atoms with Gasteiger partial charge in [0.2, 0.25) is 0 Å². The average Bonchev–Trinajstić information content (AvgIpc) is 2.73. The van der Waals surface area contributed by atoms with E-state index >= 15 is 0 Å². The molecule has 0 spiro atoms. The minimum atomic E-state index is -1.19. The van der Waals surface area contributed by atoms with E-state index in [1.807, 2.05) is 6.92 Å². The van der Waals surface area contributed by atoms with E-state index in [1.54, 1.807) is 4.68 Å². The minimum absolute atomic E-state index is 0.0900. The van der Waals surface area contributed by atoms with Crippen LogP contribution in [0.4, 0.5) is 4.39 Å². The van der Waals surface area contributed by atoms with E-state index in [4.69, 9.17) is 23.2 Å². The predicted octanol–water partition coefficient (Wildman–Crippen LogP) is 3.82. The SMILES string of the molecule is CCCn1ncc(Cl)c1C(O)c1cc(Cl)ccc1F. The van der Waals surface area contributed by atoms with Gasteiger partial charge >= 0.3 is 0 Å². The van der Waals surface area contributed by atoms with Gasteiger partial charge in [0.15, 0.2) is 0 Å². The summed E-state index contributed by atoms with van der Waals surface area (Å²) in [4.78, 5) is 0. The van der Waals surface area contributed by atoms with Gasteiger partial charge in [0.1, 0.15) is 11.9 Å². The molecule has 102 valence electrons. The highest BCUT2D eigenvalue weighted by Gasteiger charge is 2.22. The van der Waals surface area contributed by atoms with Gasteiger partial charge in [-0.15, -0.1) is 0 Å². The fraction of sp³-hybridized carbons (Fsp3) is 0.308. The van der Waals surface area contributed by atoms with E-state index in [0.717, 1.165) is 6.42 Å². The molecule has 0 radical (unpaired) electrons. The Bertz CT molecular complexity index is 586. The Balaban J connectivity index is 2.46. The molecule has 0 aliphatic rings. The summed E-state index contributed by atoms with van der Waals surface area (Å²) >= 11 is 11.8. The van der Waals surface area contributed by atoms with Gasteiger partial charge in [-0.25, -0.2) is 4.39 Å². The van der Waals surface area contributed by atoms with E-state index in [9.17, 15) is 9.50 Å². The van der Waals surface area contributed by atoms with Crippen LogP contribution in [0, 0.1) is 5.82 Å². The van der Waals surface area contributed by atoms with Crippen LogP contribution in [0.1, 0.15) is 30.7 Å². The predicted molar refractivity (Wildman–Crippen MR) is 73.0 cm³/mol. The van der Waals surface area contributed by atoms with E-state index in [0.29, 0.717) is 22.3 Å². The fourth-order valence-electron chi connectivity index (χ4n) is 1.91. The molecular weight excluding hydrogens is 290 g/mol. The Morgan fingerprint density at radius 1 is 1.42 bits per heavy atom. The Kier molecular flexibility index (Phi) is 4.45. The van der Waals surface area contributed by atoms with Gasteiger partial charge < -0.3 is 5.11 Å². The number of aromatic nitrogens is 2. The molecule has 1 heterocycles. The normalized spacial score (nSPS) is 12.7. The van der Waals surface area contributed by atoms with Gasteiger partial charge in [-0.05, 0) is 24.6 Å². The van der Waals surface area contributed by atoms with Crippen molar-refractivity contribution in [2.75, 3.05) is 0 Å². The second-order valence-electron chi connectivity index (χ2n) is 4.17. The summed E-state index contributed by atoms with van der Waals surface area (Å²) in [6, 6.07) is 4.04. The molecule has 2 rings (SSSR count). The van der Waals surface area contributed by atoms with Crippen molar-refractivity contribution in [3.05, 3.63) is 51.5 Å². The number of rotatable bonds is 4. The lowest BCUT2D eigenvalue weighted by molar-refractivity contribution is 0.202. The lowest BCUT2D eigenvalue weighted by Crippen LogP contribution is -2.11. The zero-order chi connectivity index (χ0) is 14.0. The third-order valence-electron chi connectivity index (χ3n) is 2.78. The molecule has 0 saturated carbocycles. The van der Waals surface area contributed by atoms with Crippen molar-refractivity contribution in [1.29, 1.82) is 0 Å². The van der Waals surface area contributed by atoms with Crippen LogP contribution >= 0.6 is 23.2 Å². The van der Waals surface area contributed by atoms with Crippen LogP contribution in [0.25, 0.3) is 0 Å². The lowest BCUT2D eigenvalue weighted by Gasteiger charge is -2.15. The molecule has 0 amide bonds. The first-order chi connectivity index (χ1) is 9.04. The van der Waals surface area contributed by atoms with E-state index in [1.165, 1.54) is 24.4 Å². The second kappa shape index (κ2) is 5.90. The lowest BCUT2D eigenvalue weighted by atomic mass is 10.1. The molecule has 2 aromatic rings. The zero-order valence-electron chi connectivity index (χ0n) is 10.3. The standard InChI is InChI=1S/C13H13Cl2FN2O/c1-2-5-18-12(10(15)7-17-18)13(19)9-6-8(14)3-4-11(9)16/h3-4,6-7,13,19H,2,5H2,1H3. The number of aryl methyl sites for hydroxylation is 1. The summed E-state index contributed by atoms with van der Waals surface area (Å²) in [6.45, 7) is 2.58. The highest BCUT2D eigenvalue weighted by Crippen LogP contribution is 2.31. The highest BCUT2D eigenvalue weighted by atomic mass is 35.5. The number of nitrogens with zero attached hydrogens (tertiary/aromatic N) is 2. The monoisotopic (exact) mass is 302 g/mol. The smallest absolute Gasteiger partial charge is 0.129 e. The summed E-state index contributed by atoms with van der Waals surface area (Å²) in [5.41, 5.74) is 0.469. The first-order valence-corrected chi connectivity index (χ1v) is 6.64. The fourth-order valence-corrected chi connectivity index (χ4v) is 2.33. The summed E-state index contributed by atoms with van der Waals surface area (Å²) in [7, 11) is 0. The van der Waals surface area contributed by atoms with Gasteiger partial charge in [0, 0.05) is 17.1 Å². The van der Waals surface area contributed by atoms with Gasteiger partial charge in [0.25, 0.3) is 0 Å². The van der Waals surface area contributed by atoms with Crippen molar-refractivity contribution in [2.45, 2.75) is 26.0 Å². The van der Waals surface area contributed by atoms with Crippen LogP contribution in [0.5, 0.6) is 0 Å². The van der Waals surface area contributed by atoms with Crippen LogP contribution in [0.15, 0.2) is 24.4 Å². The Hall–Kier alpha value is -1.10. The number of benzene rings is 1. The van der Waals surface area contributed by atoms with E-state index in [2.05, 4.69) is 5.10 Å². The maximum Gasteiger partial charge on any atom is 0.129 e. The van der Waals surface area contributed by atoms with Gasteiger partial charge in [-0.2, -0.15) is 5.10 Å². The molecule has 1 N–H and O–H groups in total. The van der Waals surface area contributed by atoms with Gasteiger partial charge in [-0.3, -0.25) is 4.68 Å². The first kappa shape index (κ1) is 14.3. The van der Waals surface area contributed by atoms with Crippen molar-refractivity contribution < 1.29 is 9.50 Å². The number of aliphatic hydroxyl groups is 1. The molecule has 3 nitrogen and oxygen atoms in total. The maximum absolute atomic E-state index is 13.8. The highest BCUT2D eigenvalue weighted by molar-refractivity contribution is 6.31. The average molecular weight is 303 g/mol. The minimum Gasteiger partial charge on any atom is -0.382 e. The quantitative estimate of drug-likeness (QED) is 0.932. The number of halogens is 3. The van der Waals surface area contributed by atoms with Crippen LogP contribution in [-0.4, -0.2) is 14.9 Å². The van der Waals surface area contributed by atoms with Crippen molar-refractivity contribution in [2.24, 2.45) is 0 Å². The summed E-state index contributed by atoms with van der Waals surface area (Å²) in [6.07, 6.45) is 1.08. The van der Waals surface area contributed by atoms with Crippen LogP contribution < -0.4 is 0 Å². The van der Waals surface area contributed by atoms with Crippen molar-refractivity contribution >= 4 is 23.2 Å². The maximum atomic E-state index is 13.8. The van der Waals surface area contributed by atoms with Crippen molar-refractivity contribution in [3.8, 4) is 0 Å². The Labute approximate surface area is 120 Å². The van der Waals surface area contributed by atoms with Crippen molar-refractivity contribution in [3.63, 3.8) is 0 Å². The summed E-state index contributed by atoms with van der Waals surface area (Å²) in [5.74, 6) is -0.530. The van der Waals surface area contributed by atoms with Gasteiger partial charge in [-0.1, -0.05) is 30.1 Å². The molecule has 0 saturated heterocycles. The molecule has 1 aromatic carbocycles. The summed E-state index contributed by atoms with van der Waals surface area (Å²) in [5, 5.41) is 15.1. The zero-order valence-corrected chi connectivity index (χ0v) is 11.8. The topological polar surface area (TPSA) is 38.0 Å². The van der Waals surface area contributed by atoms with Gasteiger partial charge in [0.05, 0.1) is 16.9 Å². The van der Waals surface area contributed by atoms with E-state index in [-0.39, 0.29) is 5.56 Å². The summed E-state index contributed by atoms with van der Waals surface area (Å²) < 4.78 is 15.3. The molecule has 1 atom stereocenters. The second-order valence-corrected chi connectivity index (χ2v) is 5.01. The van der Waals surface area contributed by atoms with Crippen LogP contribution in [0.3, 0.4) is 0 Å². The molecule has 0 bridgehead atoms. The molecule has 1 aromatic heterocycles.